The highest BCUT2D eigenvalue weighted by Gasteiger charge is 2.32. The van der Waals surface area contributed by atoms with Crippen LogP contribution in [0.4, 0.5) is 0 Å². The molecule has 1 N–H and O–H groups in total. The van der Waals surface area contributed by atoms with E-state index in [0.29, 0.717) is 0 Å². The highest BCUT2D eigenvalue weighted by atomic mass is 32.4. The van der Waals surface area contributed by atoms with Crippen molar-refractivity contribution in [2.24, 2.45) is 5.92 Å². The van der Waals surface area contributed by atoms with Crippen molar-refractivity contribution >= 4 is 40.3 Å². The third-order valence-corrected chi connectivity index (χ3v) is 10.7. The molecule has 6 heteroatoms. The van der Waals surface area contributed by atoms with Gasteiger partial charge in [0.25, 0.3) is 0 Å². The third-order valence-electron chi connectivity index (χ3n) is 4.82. The largest absolute Gasteiger partial charge is 0.467 e. The lowest BCUT2D eigenvalue weighted by molar-refractivity contribution is -0.146. The maximum absolute atomic E-state index is 12.8. The van der Waals surface area contributed by atoms with E-state index in [1.165, 1.54) is 7.11 Å². The van der Waals surface area contributed by atoms with Crippen molar-refractivity contribution in [3.8, 4) is 0 Å². The summed E-state index contributed by atoms with van der Waals surface area (Å²) in [5, 5.41) is 5.01. The van der Waals surface area contributed by atoms with Crippen LogP contribution in [0.15, 0.2) is 60.7 Å². The molecule has 4 nitrogen and oxygen atoms in total. The first-order chi connectivity index (χ1) is 13.3. The van der Waals surface area contributed by atoms with Crippen LogP contribution in [0.3, 0.4) is 0 Å². The second kappa shape index (κ2) is 9.99. The third kappa shape index (κ3) is 5.09. The van der Waals surface area contributed by atoms with Gasteiger partial charge in [-0.05, 0) is 16.5 Å². The molecule has 0 spiro atoms. The minimum Gasteiger partial charge on any atom is -0.467 e. The van der Waals surface area contributed by atoms with Gasteiger partial charge in [-0.25, -0.2) is 4.79 Å². The number of hydrogen-bond donors (Lipinski definition) is 1. The lowest BCUT2D eigenvalue weighted by Gasteiger charge is -2.30. The van der Waals surface area contributed by atoms with E-state index in [4.69, 9.17) is 16.5 Å². The van der Waals surface area contributed by atoms with Gasteiger partial charge in [0.2, 0.25) is 5.91 Å². The van der Waals surface area contributed by atoms with Gasteiger partial charge in [-0.15, -0.1) is 0 Å². The minimum absolute atomic E-state index is 0.0574. The smallest absolute Gasteiger partial charge is 0.328 e. The van der Waals surface area contributed by atoms with Gasteiger partial charge < -0.3 is 10.1 Å². The summed E-state index contributed by atoms with van der Waals surface area (Å²) in [4.78, 5) is 24.7. The fourth-order valence-electron chi connectivity index (χ4n) is 3.21. The zero-order valence-corrected chi connectivity index (χ0v) is 18.5. The molecule has 0 aliphatic heterocycles. The fraction of sp³-hybridized carbons (Fsp3) is 0.364. The summed E-state index contributed by atoms with van der Waals surface area (Å²) >= 11 is 6.26. The lowest BCUT2D eigenvalue weighted by Crippen LogP contribution is -2.45. The predicted molar refractivity (Wildman–Crippen MR) is 119 cm³/mol. The molecule has 1 amide bonds. The molecule has 2 rings (SSSR count). The van der Waals surface area contributed by atoms with Gasteiger partial charge in [-0.2, -0.15) is 0 Å². The number of esters is 1. The van der Waals surface area contributed by atoms with E-state index in [1.807, 2.05) is 81.4 Å². The Labute approximate surface area is 172 Å². The molecule has 0 aromatic heterocycles. The van der Waals surface area contributed by atoms with Crippen LogP contribution in [0.25, 0.3) is 0 Å². The van der Waals surface area contributed by atoms with Gasteiger partial charge in [0.05, 0.1) is 7.11 Å². The molecule has 150 valence electrons. The molecular weight excluding hydrogens is 389 g/mol. The van der Waals surface area contributed by atoms with E-state index in [-0.39, 0.29) is 23.9 Å². The molecule has 2 atom stereocenters. The van der Waals surface area contributed by atoms with Gasteiger partial charge in [0, 0.05) is 18.1 Å². The van der Waals surface area contributed by atoms with Crippen LogP contribution >= 0.6 is 6.04 Å². The number of benzene rings is 2. The van der Waals surface area contributed by atoms with Crippen LogP contribution < -0.4 is 15.9 Å². The van der Waals surface area contributed by atoms with Gasteiger partial charge in [0.15, 0.2) is 0 Å². The average Bonchev–Trinajstić information content (AvgIpc) is 2.71. The number of rotatable bonds is 8. The van der Waals surface area contributed by atoms with Crippen molar-refractivity contribution in [2.45, 2.75) is 38.9 Å². The number of carbonyl (C=O) groups excluding carboxylic acids is 2. The molecule has 2 aromatic carbocycles. The lowest BCUT2D eigenvalue weighted by atomic mass is 10.0. The Morgan fingerprint density at radius 3 is 1.82 bits per heavy atom. The number of ether oxygens (including phenoxy) is 1. The van der Waals surface area contributed by atoms with E-state index in [0.717, 1.165) is 10.6 Å². The number of hydrogen-bond acceptors (Lipinski definition) is 4. The number of carbonyl (C=O) groups is 2. The molecule has 0 aliphatic rings. The molecular formula is C22H28NO3PS. The molecule has 0 saturated carbocycles. The van der Waals surface area contributed by atoms with Crippen LogP contribution in [0.1, 0.15) is 27.2 Å². The van der Waals surface area contributed by atoms with Crippen LogP contribution in [-0.2, 0) is 26.1 Å². The summed E-state index contributed by atoms with van der Waals surface area (Å²) in [5.74, 6) is -0.669. The Morgan fingerprint density at radius 2 is 1.43 bits per heavy atom. The fourth-order valence-corrected chi connectivity index (χ4v) is 7.13. The molecule has 0 radical (unpaired) electrons. The first kappa shape index (κ1) is 22.3. The Balaban J connectivity index is 2.29. The summed E-state index contributed by atoms with van der Waals surface area (Å²) in [6, 6.07) is 17.2. The zero-order chi connectivity index (χ0) is 20.7. The van der Waals surface area contributed by atoms with Gasteiger partial charge in [-0.3, -0.25) is 4.79 Å². The van der Waals surface area contributed by atoms with Gasteiger partial charge in [-0.1, -0.05) is 93.2 Å². The highest BCUT2D eigenvalue weighted by molar-refractivity contribution is 8.22. The number of methoxy groups -OCH3 is 1. The second-order valence-electron chi connectivity index (χ2n) is 7.19. The summed E-state index contributed by atoms with van der Waals surface area (Å²) in [7, 11) is 1.33. The summed E-state index contributed by atoms with van der Waals surface area (Å²) in [6.07, 6.45) is 0.251. The van der Waals surface area contributed by atoms with Gasteiger partial charge >= 0.3 is 5.97 Å². The summed E-state index contributed by atoms with van der Waals surface area (Å²) in [6.45, 7) is 5.79. The van der Waals surface area contributed by atoms with Crippen molar-refractivity contribution in [2.75, 3.05) is 7.11 Å². The Morgan fingerprint density at radius 1 is 0.964 bits per heavy atom. The second-order valence-corrected chi connectivity index (χ2v) is 12.2. The zero-order valence-electron chi connectivity index (χ0n) is 16.8. The van der Waals surface area contributed by atoms with Crippen molar-refractivity contribution in [3.05, 3.63) is 60.7 Å². The van der Waals surface area contributed by atoms with E-state index in [9.17, 15) is 9.59 Å². The van der Waals surface area contributed by atoms with E-state index in [1.54, 1.807) is 0 Å². The molecule has 28 heavy (non-hydrogen) atoms. The van der Waals surface area contributed by atoms with Crippen molar-refractivity contribution in [3.63, 3.8) is 0 Å². The van der Waals surface area contributed by atoms with Crippen LogP contribution in [-0.4, -0.2) is 30.7 Å². The SMILES string of the molecule is COC(=O)[C@@H](NC(=O)C[C@H](C)P(=S)(c1ccccc1)c1ccccc1)C(C)C. The molecule has 0 saturated heterocycles. The van der Waals surface area contributed by atoms with Gasteiger partial charge in [0.1, 0.15) is 6.04 Å². The van der Waals surface area contributed by atoms with E-state index in [2.05, 4.69) is 5.32 Å². The monoisotopic (exact) mass is 417 g/mol. The van der Waals surface area contributed by atoms with Crippen LogP contribution in [0.2, 0.25) is 0 Å². The molecule has 0 unspecified atom stereocenters. The maximum atomic E-state index is 12.8. The maximum Gasteiger partial charge on any atom is 0.328 e. The minimum atomic E-state index is -2.21. The van der Waals surface area contributed by atoms with Crippen molar-refractivity contribution in [1.82, 2.24) is 5.32 Å². The molecule has 0 bridgehead atoms. The Bertz CT molecular complexity index is 796. The van der Waals surface area contributed by atoms with Crippen molar-refractivity contribution in [1.29, 1.82) is 0 Å². The van der Waals surface area contributed by atoms with Crippen LogP contribution in [0.5, 0.6) is 0 Å². The van der Waals surface area contributed by atoms with Crippen molar-refractivity contribution < 1.29 is 14.3 Å². The van der Waals surface area contributed by atoms with Crippen LogP contribution in [0, 0.1) is 5.92 Å². The molecule has 0 heterocycles. The normalized spacial score (nSPS) is 13.6. The topological polar surface area (TPSA) is 55.4 Å². The first-order valence-electron chi connectivity index (χ1n) is 9.38. The molecule has 0 fully saturated rings. The first-order valence-corrected chi connectivity index (χ1v) is 12.3. The number of nitrogens with one attached hydrogen (secondary N) is 1. The molecule has 2 aromatic rings. The summed E-state index contributed by atoms with van der Waals surface area (Å²) < 4.78 is 4.82. The Kier molecular flexibility index (Phi) is 7.97. The predicted octanol–water partition coefficient (Wildman–Crippen LogP) is 3.21. The van der Waals surface area contributed by atoms with E-state index < -0.39 is 18.0 Å². The Hall–Kier alpha value is -1.97. The average molecular weight is 418 g/mol. The standard InChI is InChI=1S/C22H28NO3PS/c1-16(2)21(22(25)26-4)23-20(24)15-17(3)27(28,18-11-7-5-8-12-18)19-13-9-6-10-14-19/h5-14,16-17,21H,15H2,1-4H3,(H,23,24)/t17-,21-/m0/s1. The summed E-state index contributed by atoms with van der Waals surface area (Å²) in [5.41, 5.74) is -0.0576. The highest BCUT2D eigenvalue weighted by Crippen LogP contribution is 2.50. The quantitative estimate of drug-likeness (QED) is 0.529. The number of amides is 1. The molecule has 0 aliphatic carbocycles. The van der Waals surface area contributed by atoms with E-state index >= 15 is 0 Å².